The molecule has 0 bridgehead atoms. The largest absolute Gasteiger partial charge is 0.472 e. The van der Waals surface area contributed by atoms with Crippen molar-refractivity contribution in [2.75, 3.05) is 19.8 Å². The Morgan fingerprint density at radius 2 is 1.06 bits per heavy atom. The van der Waals surface area contributed by atoms with E-state index in [9.17, 15) is 19.4 Å². The predicted octanol–water partition coefficient (Wildman–Crippen LogP) is 11.2. The molecule has 0 fully saturated rings. The van der Waals surface area contributed by atoms with Crippen LogP contribution in [-0.4, -0.2) is 47.8 Å². The van der Waals surface area contributed by atoms with Crippen molar-refractivity contribution in [2.24, 2.45) is 5.73 Å². The Bertz CT molecular complexity index is 881. The Kier molecular flexibility index (Phi) is 36.5. The van der Waals surface area contributed by atoms with Crippen LogP contribution in [0.4, 0.5) is 0 Å². The number of aliphatic hydroxyl groups excluding tert-OH is 1. The molecule has 8 nitrogen and oxygen atoms in total. The Balaban J connectivity index is 4.28. The summed E-state index contributed by atoms with van der Waals surface area (Å²) in [5, 5.41) is 13.6. The minimum absolute atomic E-state index is 0.0723. The lowest BCUT2D eigenvalue weighted by Crippen LogP contribution is -2.45. The van der Waals surface area contributed by atoms with Gasteiger partial charge in [-0.25, -0.2) is 4.57 Å². The van der Waals surface area contributed by atoms with Gasteiger partial charge in [0.2, 0.25) is 5.91 Å². The van der Waals surface area contributed by atoms with Crippen LogP contribution < -0.4 is 11.1 Å². The number of unbranched alkanes of at least 4 members (excludes halogenated alkanes) is 22. The molecule has 3 unspecified atom stereocenters. The van der Waals surface area contributed by atoms with Crippen molar-refractivity contribution in [3.05, 3.63) is 36.5 Å². The van der Waals surface area contributed by atoms with Gasteiger partial charge in [0.05, 0.1) is 25.4 Å². The van der Waals surface area contributed by atoms with Gasteiger partial charge in [-0.2, -0.15) is 0 Å². The van der Waals surface area contributed by atoms with E-state index >= 15 is 0 Å². The van der Waals surface area contributed by atoms with Crippen molar-refractivity contribution < 1.29 is 28.4 Å². The lowest BCUT2D eigenvalue weighted by Gasteiger charge is -2.23. The second-order valence-electron chi connectivity index (χ2n) is 13.8. The molecule has 5 N–H and O–H groups in total. The van der Waals surface area contributed by atoms with E-state index in [0.717, 1.165) is 44.9 Å². The second kappa shape index (κ2) is 37.5. The summed E-state index contributed by atoms with van der Waals surface area (Å²) in [7, 11) is -4.34. The fraction of sp³-hybridized carbons (Fsp3) is 0.829. The number of hydrogen-bond acceptors (Lipinski definition) is 6. The SMILES string of the molecule is CCCCCCCCCCCCC/C=C/CC/C=C/CC/C=C/C(O)C(COP(=O)(O)OCCN)NC(=O)CCCCCCCCCCCC. The lowest BCUT2D eigenvalue weighted by molar-refractivity contribution is -0.123. The highest BCUT2D eigenvalue weighted by Gasteiger charge is 2.26. The van der Waals surface area contributed by atoms with E-state index in [4.69, 9.17) is 14.8 Å². The zero-order valence-corrected chi connectivity index (χ0v) is 33.3. The Morgan fingerprint density at radius 1 is 0.640 bits per heavy atom. The van der Waals surface area contributed by atoms with Crippen LogP contribution in [-0.2, 0) is 18.4 Å². The van der Waals surface area contributed by atoms with Crippen LogP contribution in [0.25, 0.3) is 0 Å². The highest BCUT2D eigenvalue weighted by molar-refractivity contribution is 7.47. The summed E-state index contributed by atoms with van der Waals surface area (Å²) < 4.78 is 22.0. The first kappa shape index (κ1) is 48.7. The van der Waals surface area contributed by atoms with Crippen LogP contribution in [0.5, 0.6) is 0 Å². The Hall–Kier alpha value is -1.28. The molecule has 1 amide bonds. The van der Waals surface area contributed by atoms with Crippen LogP contribution >= 0.6 is 7.82 Å². The van der Waals surface area contributed by atoms with Gasteiger partial charge in [0.15, 0.2) is 0 Å². The molecule has 0 saturated heterocycles. The first-order valence-corrected chi connectivity index (χ1v) is 22.1. The first-order valence-electron chi connectivity index (χ1n) is 20.6. The Morgan fingerprint density at radius 3 is 1.54 bits per heavy atom. The van der Waals surface area contributed by atoms with E-state index in [1.807, 2.05) is 6.08 Å². The van der Waals surface area contributed by atoms with E-state index in [1.54, 1.807) is 6.08 Å². The molecule has 0 heterocycles. The standard InChI is InChI=1S/C41H79N2O6P/c1-3-5-7-9-11-13-15-16-17-18-19-20-21-22-23-24-25-26-28-30-32-34-40(44)39(38-49-50(46,47)48-37-36-42)43-41(45)35-33-31-29-27-14-12-10-8-6-4-2/h21-22,25-26,32,34,39-40,44H,3-20,23-24,27-31,33,35-38,42H2,1-2H3,(H,43,45)(H,46,47)/b22-21+,26-25+,34-32+. The smallest absolute Gasteiger partial charge is 0.387 e. The van der Waals surface area contributed by atoms with Gasteiger partial charge in [0.25, 0.3) is 0 Å². The van der Waals surface area contributed by atoms with Gasteiger partial charge in [-0.1, -0.05) is 172 Å². The zero-order valence-electron chi connectivity index (χ0n) is 32.4. The third kappa shape index (κ3) is 35.1. The molecule has 9 heteroatoms. The van der Waals surface area contributed by atoms with Gasteiger partial charge >= 0.3 is 7.82 Å². The molecule has 0 radical (unpaired) electrons. The highest BCUT2D eigenvalue weighted by atomic mass is 31.2. The van der Waals surface area contributed by atoms with Gasteiger partial charge in [-0.15, -0.1) is 0 Å². The molecule has 0 aliphatic carbocycles. The van der Waals surface area contributed by atoms with Crippen LogP contribution in [0.1, 0.15) is 187 Å². The van der Waals surface area contributed by atoms with Crippen molar-refractivity contribution in [3.63, 3.8) is 0 Å². The summed E-state index contributed by atoms with van der Waals surface area (Å²) in [5.74, 6) is -0.211. The quantitative estimate of drug-likeness (QED) is 0.0283. The van der Waals surface area contributed by atoms with E-state index in [0.29, 0.717) is 6.42 Å². The van der Waals surface area contributed by atoms with Crippen molar-refractivity contribution in [3.8, 4) is 0 Å². The van der Waals surface area contributed by atoms with E-state index in [1.165, 1.54) is 122 Å². The fourth-order valence-corrected chi connectivity index (χ4v) is 6.57. The van der Waals surface area contributed by atoms with E-state index in [2.05, 4.69) is 43.5 Å². The molecule has 0 aromatic heterocycles. The number of aliphatic hydroxyl groups is 1. The molecule has 0 aromatic rings. The third-order valence-corrected chi connectivity index (χ3v) is 9.93. The summed E-state index contributed by atoms with van der Waals surface area (Å²) in [6.45, 7) is 4.08. The monoisotopic (exact) mass is 727 g/mol. The molecule has 0 rings (SSSR count). The molecule has 0 aromatic carbocycles. The number of nitrogens with one attached hydrogen (secondary N) is 1. The van der Waals surface area contributed by atoms with Gasteiger partial charge in [0, 0.05) is 13.0 Å². The van der Waals surface area contributed by atoms with Crippen LogP contribution in [0.2, 0.25) is 0 Å². The van der Waals surface area contributed by atoms with Crippen molar-refractivity contribution in [2.45, 2.75) is 199 Å². The highest BCUT2D eigenvalue weighted by Crippen LogP contribution is 2.43. The zero-order chi connectivity index (χ0) is 36.8. The maximum absolute atomic E-state index is 12.7. The Labute approximate surface area is 308 Å². The molecule has 0 spiro atoms. The van der Waals surface area contributed by atoms with Gasteiger partial charge in [-0.05, 0) is 44.9 Å². The van der Waals surface area contributed by atoms with Crippen molar-refractivity contribution in [1.29, 1.82) is 0 Å². The molecule has 50 heavy (non-hydrogen) atoms. The first-order chi connectivity index (χ1) is 24.4. The topological polar surface area (TPSA) is 131 Å². The second-order valence-corrected chi connectivity index (χ2v) is 15.3. The summed E-state index contributed by atoms with van der Waals surface area (Å²) >= 11 is 0. The third-order valence-electron chi connectivity index (χ3n) is 8.95. The predicted molar refractivity (Wildman–Crippen MR) is 212 cm³/mol. The number of phosphoric acid groups is 1. The summed E-state index contributed by atoms with van der Waals surface area (Å²) in [5.41, 5.74) is 5.35. The van der Waals surface area contributed by atoms with Crippen LogP contribution in [0.3, 0.4) is 0 Å². The lowest BCUT2D eigenvalue weighted by atomic mass is 10.1. The molecule has 0 aliphatic heterocycles. The van der Waals surface area contributed by atoms with Crippen LogP contribution in [0.15, 0.2) is 36.5 Å². The molecule has 0 aliphatic rings. The van der Waals surface area contributed by atoms with Crippen molar-refractivity contribution >= 4 is 13.7 Å². The fourth-order valence-electron chi connectivity index (χ4n) is 5.81. The van der Waals surface area contributed by atoms with Gasteiger partial charge < -0.3 is 21.1 Å². The number of carbonyl (C=O) groups excluding carboxylic acids is 1. The molecule has 0 saturated carbocycles. The summed E-state index contributed by atoms with van der Waals surface area (Å²) in [6, 6.07) is -0.878. The molecule has 294 valence electrons. The van der Waals surface area contributed by atoms with Gasteiger partial charge in [0.1, 0.15) is 0 Å². The number of rotatable bonds is 38. The number of hydrogen-bond donors (Lipinski definition) is 4. The van der Waals surface area contributed by atoms with Gasteiger partial charge in [-0.3, -0.25) is 13.8 Å². The number of allylic oxidation sites excluding steroid dienone is 5. The average molecular weight is 727 g/mol. The minimum Gasteiger partial charge on any atom is -0.387 e. The van der Waals surface area contributed by atoms with Crippen LogP contribution in [0, 0.1) is 0 Å². The number of carbonyl (C=O) groups is 1. The maximum Gasteiger partial charge on any atom is 0.472 e. The van der Waals surface area contributed by atoms with Crippen molar-refractivity contribution in [1.82, 2.24) is 5.32 Å². The van der Waals surface area contributed by atoms with E-state index < -0.39 is 20.0 Å². The maximum atomic E-state index is 12.7. The summed E-state index contributed by atoms with van der Waals surface area (Å²) in [6.07, 6.45) is 43.5. The normalized spacial score (nSPS) is 14.6. The summed E-state index contributed by atoms with van der Waals surface area (Å²) in [4.78, 5) is 22.6. The average Bonchev–Trinajstić information content (AvgIpc) is 3.10. The number of phosphoric ester groups is 1. The number of amides is 1. The number of nitrogens with two attached hydrogens (primary N) is 1. The molecular weight excluding hydrogens is 647 g/mol. The molecule has 3 atom stereocenters. The molecular formula is C41H79N2O6P. The van der Waals surface area contributed by atoms with E-state index in [-0.39, 0.29) is 25.7 Å². The minimum atomic E-state index is -4.34.